The lowest BCUT2D eigenvalue weighted by atomic mass is 10.1. The summed E-state index contributed by atoms with van der Waals surface area (Å²) in [6.07, 6.45) is -0.439. The van der Waals surface area contributed by atoms with E-state index < -0.39 is 6.10 Å². The first kappa shape index (κ1) is 9.71. The lowest BCUT2D eigenvalue weighted by Crippen LogP contribution is -2.16. The van der Waals surface area contributed by atoms with Gasteiger partial charge in [-0.15, -0.1) is 0 Å². The minimum atomic E-state index is -0.439. The fraction of sp³-hybridized carbons (Fsp3) is 0.333. The minimum Gasteiger partial charge on any atom is -0.387 e. The molecule has 0 saturated carbocycles. The molecule has 0 spiro atoms. The van der Waals surface area contributed by atoms with Gasteiger partial charge in [0.05, 0.1) is 6.10 Å². The van der Waals surface area contributed by atoms with Crippen LogP contribution in [0.4, 0.5) is 0 Å². The summed E-state index contributed by atoms with van der Waals surface area (Å²) in [5.74, 6) is 0. The van der Waals surface area contributed by atoms with Crippen LogP contribution in [0.2, 0.25) is 0 Å². The minimum absolute atomic E-state index is 0.439. The molecular formula is C9H12BrNO. The normalized spacial score (nSPS) is 12.9. The first-order valence-corrected chi connectivity index (χ1v) is 4.62. The Balaban J connectivity index is 2.79. The zero-order valence-corrected chi connectivity index (χ0v) is 8.51. The second-order valence-corrected chi connectivity index (χ2v) is 3.45. The highest BCUT2D eigenvalue weighted by molar-refractivity contribution is 9.10. The number of aliphatic hydroxyl groups is 1. The molecule has 12 heavy (non-hydrogen) atoms. The number of hydrogen-bond donors (Lipinski definition) is 2. The van der Waals surface area contributed by atoms with Crippen LogP contribution in [0.3, 0.4) is 0 Å². The smallest absolute Gasteiger partial charge is 0.0925 e. The lowest BCUT2D eigenvalue weighted by molar-refractivity contribution is 0.177. The van der Waals surface area contributed by atoms with Gasteiger partial charge in [-0.2, -0.15) is 0 Å². The third kappa shape index (κ3) is 2.30. The molecule has 0 radical (unpaired) electrons. The summed E-state index contributed by atoms with van der Waals surface area (Å²) in [4.78, 5) is 0. The fourth-order valence-electron chi connectivity index (χ4n) is 1.05. The molecule has 0 bridgehead atoms. The van der Waals surface area contributed by atoms with E-state index in [1.54, 1.807) is 0 Å². The summed E-state index contributed by atoms with van der Waals surface area (Å²) < 4.78 is 0.952. The molecule has 2 N–H and O–H groups in total. The van der Waals surface area contributed by atoms with Crippen molar-refractivity contribution < 1.29 is 5.11 Å². The van der Waals surface area contributed by atoms with E-state index in [1.165, 1.54) is 0 Å². The van der Waals surface area contributed by atoms with Crippen molar-refractivity contribution in [1.29, 1.82) is 0 Å². The Morgan fingerprint density at radius 1 is 1.50 bits per heavy atom. The number of hydrogen-bond acceptors (Lipinski definition) is 2. The molecular weight excluding hydrogens is 218 g/mol. The van der Waals surface area contributed by atoms with E-state index in [-0.39, 0.29) is 0 Å². The van der Waals surface area contributed by atoms with Crippen LogP contribution in [0.15, 0.2) is 28.7 Å². The molecule has 1 unspecified atom stereocenters. The lowest BCUT2D eigenvalue weighted by Gasteiger charge is -2.11. The molecule has 1 atom stereocenters. The van der Waals surface area contributed by atoms with E-state index in [9.17, 15) is 5.11 Å². The van der Waals surface area contributed by atoms with Gasteiger partial charge in [-0.25, -0.2) is 0 Å². The topological polar surface area (TPSA) is 32.3 Å². The van der Waals surface area contributed by atoms with Crippen molar-refractivity contribution in [2.45, 2.75) is 6.10 Å². The molecule has 0 heterocycles. The second kappa shape index (κ2) is 4.60. The fourth-order valence-corrected chi connectivity index (χ4v) is 1.60. The van der Waals surface area contributed by atoms with Gasteiger partial charge in [-0.05, 0) is 18.7 Å². The molecule has 0 aliphatic carbocycles. The molecule has 0 saturated heterocycles. The third-order valence-corrected chi connectivity index (χ3v) is 2.38. The number of benzene rings is 1. The van der Waals surface area contributed by atoms with Crippen molar-refractivity contribution in [2.75, 3.05) is 13.6 Å². The first-order valence-electron chi connectivity index (χ1n) is 3.83. The van der Waals surface area contributed by atoms with Crippen molar-refractivity contribution >= 4 is 15.9 Å². The zero-order valence-electron chi connectivity index (χ0n) is 6.92. The summed E-state index contributed by atoms with van der Waals surface area (Å²) in [5, 5.41) is 12.5. The van der Waals surface area contributed by atoms with Crippen molar-refractivity contribution in [2.24, 2.45) is 0 Å². The van der Waals surface area contributed by atoms with Crippen LogP contribution in [-0.4, -0.2) is 18.7 Å². The average Bonchev–Trinajstić information content (AvgIpc) is 2.05. The SMILES string of the molecule is CNCC(O)c1ccccc1Br. The number of rotatable bonds is 3. The molecule has 0 aromatic heterocycles. The number of aliphatic hydroxyl groups excluding tert-OH is 1. The Hall–Kier alpha value is -0.380. The molecule has 0 aliphatic heterocycles. The monoisotopic (exact) mass is 229 g/mol. The molecule has 1 aromatic carbocycles. The van der Waals surface area contributed by atoms with Crippen LogP contribution >= 0.6 is 15.9 Å². The van der Waals surface area contributed by atoms with Gasteiger partial charge in [0, 0.05) is 11.0 Å². The Morgan fingerprint density at radius 2 is 2.17 bits per heavy atom. The first-order chi connectivity index (χ1) is 5.75. The van der Waals surface area contributed by atoms with Gasteiger partial charge < -0.3 is 10.4 Å². The molecule has 1 aromatic rings. The summed E-state index contributed by atoms with van der Waals surface area (Å²) in [6, 6.07) is 7.68. The maximum absolute atomic E-state index is 9.61. The Kier molecular flexibility index (Phi) is 3.72. The largest absolute Gasteiger partial charge is 0.387 e. The molecule has 1 rings (SSSR count). The second-order valence-electron chi connectivity index (χ2n) is 2.59. The molecule has 0 aliphatic rings. The Morgan fingerprint density at radius 3 is 2.75 bits per heavy atom. The summed E-state index contributed by atoms with van der Waals surface area (Å²) >= 11 is 3.38. The highest BCUT2D eigenvalue weighted by atomic mass is 79.9. The summed E-state index contributed by atoms with van der Waals surface area (Å²) in [7, 11) is 1.82. The summed E-state index contributed by atoms with van der Waals surface area (Å²) in [6.45, 7) is 0.572. The maximum atomic E-state index is 9.61. The van der Waals surface area contributed by atoms with E-state index in [2.05, 4.69) is 21.2 Å². The highest BCUT2D eigenvalue weighted by Crippen LogP contribution is 2.22. The zero-order chi connectivity index (χ0) is 8.97. The number of nitrogens with one attached hydrogen (secondary N) is 1. The van der Waals surface area contributed by atoms with Gasteiger partial charge in [0.1, 0.15) is 0 Å². The van der Waals surface area contributed by atoms with E-state index in [0.29, 0.717) is 6.54 Å². The standard InChI is InChI=1S/C9H12BrNO/c1-11-6-9(12)7-4-2-3-5-8(7)10/h2-5,9,11-12H,6H2,1H3. The van der Waals surface area contributed by atoms with Crippen molar-refractivity contribution in [3.8, 4) is 0 Å². The van der Waals surface area contributed by atoms with Crippen LogP contribution in [-0.2, 0) is 0 Å². The van der Waals surface area contributed by atoms with E-state index >= 15 is 0 Å². The maximum Gasteiger partial charge on any atom is 0.0925 e. The molecule has 0 amide bonds. The van der Waals surface area contributed by atoms with Gasteiger partial charge in [-0.1, -0.05) is 34.1 Å². The highest BCUT2D eigenvalue weighted by Gasteiger charge is 2.08. The van der Waals surface area contributed by atoms with Crippen LogP contribution in [0.1, 0.15) is 11.7 Å². The van der Waals surface area contributed by atoms with Gasteiger partial charge >= 0.3 is 0 Å². The van der Waals surface area contributed by atoms with Crippen LogP contribution in [0.25, 0.3) is 0 Å². The predicted molar refractivity (Wildman–Crippen MR) is 53.0 cm³/mol. The van der Waals surface area contributed by atoms with Gasteiger partial charge in [0.15, 0.2) is 0 Å². The van der Waals surface area contributed by atoms with Gasteiger partial charge in [-0.3, -0.25) is 0 Å². The average molecular weight is 230 g/mol. The third-order valence-electron chi connectivity index (χ3n) is 1.66. The number of likely N-dealkylation sites (N-methyl/N-ethyl adjacent to an activating group) is 1. The van der Waals surface area contributed by atoms with Crippen molar-refractivity contribution in [1.82, 2.24) is 5.32 Å². The molecule has 2 nitrogen and oxygen atoms in total. The van der Waals surface area contributed by atoms with Gasteiger partial charge in [0.2, 0.25) is 0 Å². The van der Waals surface area contributed by atoms with Crippen molar-refractivity contribution in [3.63, 3.8) is 0 Å². The van der Waals surface area contributed by atoms with Crippen LogP contribution < -0.4 is 5.32 Å². The van der Waals surface area contributed by atoms with E-state index in [0.717, 1.165) is 10.0 Å². The van der Waals surface area contributed by atoms with Crippen LogP contribution in [0, 0.1) is 0 Å². The van der Waals surface area contributed by atoms with E-state index in [1.807, 2.05) is 31.3 Å². The summed E-state index contributed by atoms with van der Waals surface area (Å²) in [5.41, 5.74) is 0.923. The number of halogens is 1. The quantitative estimate of drug-likeness (QED) is 0.828. The predicted octanol–water partition coefficient (Wildman–Crippen LogP) is 1.70. The van der Waals surface area contributed by atoms with Gasteiger partial charge in [0.25, 0.3) is 0 Å². The molecule has 66 valence electrons. The Labute approximate surface area is 80.7 Å². The van der Waals surface area contributed by atoms with E-state index in [4.69, 9.17) is 0 Å². The molecule has 3 heteroatoms. The van der Waals surface area contributed by atoms with Crippen molar-refractivity contribution in [3.05, 3.63) is 34.3 Å². The molecule has 0 fully saturated rings. The Bertz CT molecular complexity index is 252. The van der Waals surface area contributed by atoms with Crippen LogP contribution in [0.5, 0.6) is 0 Å².